The fourth-order valence-corrected chi connectivity index (χ4v) is 1.43. The van der Waals surface area contributed by atoms with Crippen LogP contribution in [0.5, 0.6) is 5.75 Å². The second-order valence-corrected chi connectivity index (χ2v) is 5.55. The molecule has 0 aliphatic rings. The Morgan fingerprint density at radius 3 is 2.73 bits per heavy atom. The molecule has 0 spiro atoms. The predicted octanol–water partition coefficient (Wildman–Crippen LogP) is 3.47. The van der Waals surface area contributed by atoms with Crippen LogP contribution in [0.25, 0.3) is 0 Å². The first kappa shape index (κ1) is 12.8. The molecule has 0 saturated heterocycles. The summed E-state index contributed by atoms with van der Waals surface area (Å²) in [4.78, 5) is 0. The third-order valence-electron chi connectivity index (χ3n) is 2.06. The van der Waals surface area contributed by atoms with Crippen molar-refractivity contribution in [2.45, 2.75) is 13.8 Å². The van der Waals surface area contributed by atoms with Crippen LogP contribution in [-0.2, 0) is 0 Å². The summed E-state index contributed by atoms with van der Waals surface area (Å²) in [6.45, 7) is 5.25. The molecule has 2 nitrogen and oxygen atoms in total. The first-order chi connectivity index (χ1) is 6.94. The molecule has 1 aromatic rings. The lowest BCUT2D eigenvalue weighted by Crippen LogP contribution is -2.30. The van der Waals surface area contributed by atoms with Crippen molar-refractivity contribution in [1.82, 2.24) is 0 Å². The maximum atomic E-state index is 5.99. The lowest BCUT2D eigenvalue weighted by Gasteiger charge is -2.22. The summed E-state index contributed by atoms with van der Waals surface area (Å²) in [7, 11) is 0. The van der Waals surface area contributed by atoms with Gasteiger partial charge in [-0.2, -0.15) is 0 Å². The number of ether oxygens (including phenoxy) is 1. The molecule has 84 valence electrons. The Morgan fingerprint density at radius 2 is 2.13 bits per heavy atom. The fraction of sp³-hybridized carbons (Fsp3) is 0.455. The van der Waals surface area contributed by atoms with E-state index in [1.807, 2.05) is 12.1 Å². The number of hydrogen-bond donors (Lipinski definition) is 1. The van der Waals surface area contributed by atoms with E-state index in [0.29, 0.717) is 23.9 Å². The molecule has 0 amide bonds. The van der Waals surface area contributed by atoms with Crippen LogP contribution in [0.1, 0.15) is 13.8 Å². The molecular weight excluding hydrogens is 277 g/mol. The highest BCUT2D eigenvalue weighted by molar-refractivity contribution is 9.10. The lowest BCUT2D eigenvalue weighted by molar-refractivity contribution is 0.187. The Hall–Kier alpha value is -0.250. The average molecular weight is 293 g/mol. The van der Waals surface area contributed by atoms with Gasteiger partial charge in [-0.25, -0.2) is 0 Å². The van der Waals surface area contributed by atoms with Gasteiger partial charge < -0.3 is 10.5 Å². The molecule has 0 aliphatic heterocycles. The van der Waals surface area contributed by atoms with Crippen LogP contribution in [-0.4, -0.2) is 13.2 Å². The van der Waals surface area contributed by atoms with E-state index >= 15 is 0 Å². The van der Waals surface area contributed by atoms with E-state index in [9.17, 15) is 0 Å². The predicted molar refractivity (Wildman–Crippen MR) is 67.5 cm³/mol. The summed E-state index contributed by atoms with van der Waals surface area (Å²) in [6, 6.07) is 5.54. The molecule has 2 N–H and O–H groups in total. The van der Waals surface area contributed by atoms with E-state index in [0.717, 1.165) is 4.47 Å². The topological polar surface area (TPSA) is 35.2 Å². The summed E-state index contributed by atoms with van der Waals surface area (Å²) in [5, 5.41) is 0.617. The van der Waals surface area contributed by atoms with E-state index in [-0.39, 0.29) is 5.41 Å². The van der Waals surface area contributed by atoms with Crippen LogP contribution in [0, 0.1) is 5.41 Å². The summed E-state index contributed by atoms with van der Waals surface area (Å²) in [6.07, 6.45) is 0. The SMILES string of the molecule is CC(C)(CN)COc1cc(Br)ccc1Cl. The van der Waals surface area contributed by atoms with Crippen LogP contribution in [0.4, 0.5) is 0 Å². The second-order valence-electron chi connectivity index (χ2n) is 4.23. The van der Waals surface area contributed by atoms with Gasteiger partial charge in [0.15, 0.2) is 0 Å². The van der Waals surface area contributed by atoms with Gasteiger partial charge in [0.1, 0.15) is 5.75 Å². The van der Waals surface area contributed by atoms with Crippen molar-refractivity contribution < 1.29 is 4.74 Å². The summed E-state index contributed by atoms with van der Waals surface area (Å²) >= 11 is 9.36. The van der Waals surface area contributed by atoms with E-state index in [1.54, 1.807) is 6.07 Å². The summed E-state index contributed by atoms with van der Waals surface area (Å²) < 4.78 is 6.58. The third-order valence-corrected chi connectivity index (χ3v) is 2.87. The van der Waals surface area contributed by atoms with Gasteiger partial charge in [-0.1, -0.05) is 41.4 Å². The monoisotopic (exact) mass is 291 g/mol. The van der Waals surface area contributed by atoms with E-state index < -0.39 is 0 Å². The van der Waals surface area contributed by atoms with E-state index in [2.05, 4.69) is 29.8 Å². The Bertz CT molecular complexity index is 341. The van der Waals surface area contributed by atoms with Gasteiger partial charge in [0, 0.05) is 16.4 Å². The molecule has 0 atom stereocenters. The molecule has 0 bridgehead atoms. The van der Waals surface area contributed by atoms with Gasteiger partial charge in [0.2, 0.25) is 0 Å². The van der Waals surface area contributed by atoms with E-state index in [4.69, 9.17) is 22.1 Å². The van der Waals surface area contributed by atoms with Crippen molar-refractivity contribution >= 4 is 27.5 Å². The van der Waals surface area contributed by atoms with Crippen molar-refractivity contribution in [3.8, 4) is 5.75 Å². The normalized spacial score (nSPS) is 11.5. The largest absolute Gasteiger partial charge is 0.491 e. The van der Waals surface area contributed by atoms with Crippen LogP contribution in [0.2, 0.25) is 5.02 Å². The highest BCUT2D eigenvalue weighted by Crippen LogP contribution is 2.29. The van der Waals surface area contributed by atoms with Crippen molar-refractivity contribution in [3.05, 3.63) is 27.7 Å². The molecule has 4 heteroatoms. The average Bonchev–Trinajstić information content (AvgIpc) is 2.20. The number of benzene rings is 1. The number of rotatable bonds is 4. The molecular formula is C11H15BrClNO. The molecule has 0 radical (unpaired) electrons. The smallest absolute Gasteiger partial charge is 0.139 e. The molecule has 0 fully saturated rings. The number of halogens is 2. The Labute approximate surface area is 104 Å². The van der Waals surface area contributed by atoms with Crippen LogP contribution in [0.3, 0.4) is 0 Å². The molecule has 0 aliphatic carbocycles. The van der Waals surface area contributed by atoms with Crippen molar-refractivity contribution in [2.75, 3.05) is 13.2 Å². The first-order valence-corrected chi connectivity index (χ1v) is 5.90. The van der Waals surface area contributed by atoms with Crippen molar-refractivity contribution in [1.29, 1.82) is 0 Å². The molecule has 0 aromatic heterocycles. The minimum Gasteiger partial charge on any atom is -0.491 e. The van der Waals surface area contributed by atoms with Gasteiger partial charge in [-0.05, 0) is 18.2 Å². The van der Waals surface area contributed by atoms with Crippen LogP contribution >= 0.6 is 27.5 Å². The molecule has 15 heavy (non-hydrogen) atoms. The van der Waals surface area contributed by atoms with Gasteiger partial charge in [0.05, 0.1) is 11.6 Å². The molecule has 1 aromatic carbocycles. The number of nitrogens with two attached hydrogens (primary N) is 1. The highest BCUT2D eigenvalue weighted by Gasteiger charge is 2.17. The fourth-order valence-electron chi connectivity index (χ4n) is 0.920. The van der Waals surface area contributed by atoms with Crippen LogP contribution in [0.15, 0.2) is 22.7 Å². The zero-order valence-electron chi connectivity index (χ0n) is 8.89. The van der Waals surface area contributed by atoms with Crippen molar-refractivity contribution in [3.63, 3.8) is 0 Å². The highest BCUT2D eigenvalue weighted by atomic mass is 79.9. The van der Waals surface area contributed by atoms with Crippen molar-refractivity contribution in [2.24, 2.45) is 11.1 Å². The minimum absolute atomic E-state index is 0.0361. The first-order valence-electron chi connectivity index (χ1n) is 4.72. The summed E-state index contributed by atoms with van der Waals surface area (Å²) in [5.41, 5.74) is 5.58. The standard InChI is InChI=1S/C11H15BrClNO/c1-11(2,6-14)7-15-10-5-8(12)3-4-9(10)13/h3-5H,6-7,14H2,1-2H3. The zero-order chi connectivity index (χ0) is 11.5. The maximum Gasteiger partial charge on any atom is 0.139 e. The third kappa shape index (κ3) is 4.01. The summed E-state index contributed by atoms with van der Waals surface area (Å²) in [5.74, 6) is 0.688. The van der Waals surface area contributed by atoms with Gasteiger partial charge in [-0.3, -0.25) is 0 Å². The molecule has 0 saturated carbocycles. The Morgan fingerprint density at radius 1 is 1.47 bits per heavy atom. The molecule has 1 rings (SSSR count). The minimum atomic E-state index is -0.0361. The zero-order valence-corrected chi connectivity index (χ0v) is 11.2. The Kier molecular flexibility index (Phi) is 4.44. The molecule has 0 unspecified atom stereocenters. The van der Waals surface area contributed by atoms with Gasteiger partial charge in [-0.15, -0.1) is 0 Å². The van der Waals surface area contributed by atoms with E-state index in [1.165, 1.54) is 0 Å². The maximum absolute atomic E-state index is 5.99. The lowest BCUT2D eigenvalue weighted by atomic mass is 9.95. The van der Waals surface area contributed by atoms with Crippen LogP contribution < -0.4 is 10.5 Å². The second kappa shape index (κ2) is 5.19. The number of hydrogen-bond acceptors (Lipinski definition) is 2. The Balaban J connectivity index is 2.69. The van der Waals surface area contributed by atoms with Gasteiger partial charge in [0.25, 0.3) is 0 Å². The molecule has 0 heterocycles. The van der Waals surface area contributed by atoms with Gasteiger partial charge >= 0.3 is 0 Å². The quantitative estimate of drug-likeness (QED) is 0.922.